The van der Waals surface area contributed by atoms with Gasteiger partial charge < -0.3 is 10.4 Å². The van der Waals surface area contributed by atoms with Gasteiger partial charge in [-0.3, -0.25) is 0 Å². The van der Waals surface area contributed by atoms with Crippen LogP contribution in [0.4, 0.5) is 0 Å². The van der Waals surface area contributed by atoms with Gasteiger partial charge in [0.2, 0.25) is 0 Å². The normalized spacial score (nSPS) is 48.9. The molecule has 2 fully saturated rings. The summed E-state index contributed by atoms with van der Waals surface area (Å²) in [6.45, 7) is 6.61. The number of rotatable bonds is 0. The van der Waals surface area contributed by atoms with Gasteiger partial charge in [-0.2, -0.15) is 0 Å². The minimum absolute atomic E-state index is 0.0555. The lowest BCUT2D eigenvalue weighted by atomic mass is 9.64. The molecule has 2 N–H and O–H groups in total. The Bertz CT molecular complexity index is 210. The molecule has 0 aromatic heterocycles. The monoisotopic (exact) mass is 183 g/mol. The second-order valence-electron chi connectivity index (χ2n) is 5.69. The van der Waals surface area contributed by atoms with Crippen molar-refractivity contribution in [2.24, 2.45) is 5.41 Å². The summed E-state index contributed by atoms with van der Waals surface area (Å²) in [6, 6.07) is 0.509. The van der Waals surface area contributed by atoms with Gasteiger partial charge >= 0.3 is 0 Å². The lowest BCUT2D eigenvalue weighted by Crippen LogP contribution is -2.65. The van der Waals surface area contributed by atoms with Crippen molar-refractivity contribution in [1.29, 1.82) is 0 Å². The SMILES string of the molecule is CC1(C)[C@H](O)C[C@]2(C)CCC[C@H]1N2. The van der Waals surface area contributed by atoms with Crippen LogP contribution < -0.4 is 5.32 Å². The van der Waals surface area contributed by atoms with Gasteiger partial charge in [-0.15, -0.1) is 0 Å². The Morgan fingerprint density at radius 3 is 2.69 bits per heavy atom. The highest BCUT2D eigenvalue weighted by Crippen LogP contribution is 2.43. The van der Waals surface area contributed by atoms with Crippen LogP contribution in [0.5, 0.6) is 0 Å². The van der Waals surface area contributed by atoms with Gasteiger partial charge in [-0.05, 0) is 26.2 Å². The first-order valence-electron chi connectivity index (χ1n) is 5.40. The highest BCUT2D eigenvalue weighted by Gasteiger charge is 2.48. The van der Waals surface area contributed by atoms with E-state index in [1.54, 1.807) is 0 Å². The Morgan fingerprint density at radius 2 is 2.00 bits per heavy atom. The maximum atomic E-state index is 10.1. The smallest absolute Gasteiger partial charge is 0.0623 e. The summed E-state index contributed by atoms with van der Waals surface area (Å²) >= 11 is 0. The van der Waals surface area contributed by atoms with Crippen molar-refractivity contribution in [2.75, 3.05) is 0 Å². The Kier molecular flexibility index (Phi) is 1.97. The zero-order chi connectivity index (χ0) is 9.69. The Morgan fingerprint density at radius 1 is 1.31 bits per heavy atom. The molecule has 2 bridgehead atoms. The van der Waals surface area contributed by atoms with E-state index >= 15 is 0 Å². The lowest BCUT2D eigenvalue weighted by Gasteiger charge is -2.54. The fourth-order valence-electron chi connectivity index (χ4n) is 2.90. The summed E-state index contributed by atoms with van der Waals surface area (Å²) in [4.78, 5) is 0. The molecule has 2 heterocycles. The molecular formula is C11H21NO. The van der Waals surface area contributed by atoms with Gasteiger partial charge in [0.1, 0.15) is 0 Å². The van der Waals surface area contributed by atoms with Gasteiger partial charge in [-0.25, -0.2) is 0 Å². The summed E-state index contributed by atoms with van der Waals surface area (Å²) in [5.74, 6) is 0. The minimum atomic E-state index is -0.135. The zero-order valence-corrected chi connectivity index (χ0v) is 8.93. The van der Waals surface area contributed by atoms with Crippen LogP contribution in [0.15, 0.2) is 0 Å². The van der Waals surface area contributed by atoms with Crippen LogP contribution in [0, 0.1) is 5.41 Å². The average molecular weight is 183 g/mol. The quantitative estimate of drug-likeness (QED) is 0.599. The third-order valence-electron chi connectivity index (χ3n) is 4.14. The first-order chi connectivity index (χ1) is 5.94. The maximum Gasteiger partial charge on any atom is 0.0623 e. The van der Waals surface area contributed by atoms with Crippen LogP contribution in [0.1, 0.15) is 46.5 Å². The van der Waals surface area contributed by atoms with Gasteiger partial charge in [0.05, 0.1) is 6.10 Å². The molecule has 0 aliphatic carbocycles. The van der Waals surface area contributed by atoms with E-state index in [0.29, 0.717) is 6.04 Å². The van der Waals surface area contributed by atoms with Crippen molar-refractivity contribution in [3.05, 3.63) is 0 Å². The standard InChI is InChI=1S/C11H21NO/c1-10(2)8-5-4-6-11(3,12-8)7-9(10)13/h8-9,12-13H,4-7H2,1-3H3/t8-,9-,11+/m1/s1. The third kappa shape index (κ3) is 1.40. The first kappa shape index (κ1) is 9.47. The number of nitrogens with one attached hydrogen (secondary N) is 1. The highest BCUT2D eigenvalue weighted by atomic mass is 16.3. The van der Waals surface area contributed by atoms with Crippen LogP contribution in [-0.4, -0.2) is 22.8 Å². The molecule has 2 aliphatic heterocycles. The predicted octanol–water partition coefficient (Wildman–Crippen LogP) is 1.68. The molecule has 0 amide bonds. The summed E-state index contributed by atoms with van der Waals surface area (Å²) in [7, 11) is 0. The van der Waals surface area contributed by atoms with Crippen molar-refractivity contribution in [1.82, 2.24) is 5.32 Å². The summed E-state index contributed by atoms with van der Waals surface area (Å²) < 4.78 is 0. The Labute approximate surface area is 80.7 Å². The molecule has 0 radical (unpaired) electrons. The lowest BCUT2D eigenvalue weighted by molar-refractivity contribution is -0.0655. The van der Waals surface area contributed by atoms with Gasteiger partial charge in [0.25, 0.3) is 0 Å². The topological polar surface area (TPSA) is 32.3 Å². The molecule has 3 atom stereocenters. The third-order valence-corrected chi connectivity index (χ3v) is 4.14. The van der Waals surface area contributed by atoms with Gasteiger partial charge in [0.15, 0.2) is 0 Å². The van der Waals surface area contributed by atoms with Crippen molar-refractivity contribution in [3.63, 3.8) is 0 Å². The van der Waals surface area contributed by atoms with Crippen molar-refractivity contribution >= 4 is 0 Å². The van der Waals surface area contributed by atoms with Crippen LogP contribution in [-0.2, 0) is 0 Å². The highest BCUT2D eigenvalue weighted by molar-refractivity contribution is 5.06. The largest absolute Gasteiger partial charge is 0.392 e. The van der Waals surface area contributed by atoms with Crippen molar-refractivity contribution in [2.45, 2.75) is 64.1 Å². The van der Waals surface area contributed by atoms with E-state index in [0.717, 1.165) is 6.42 Å². The maximum absolute atomic E-state index is 10.1. The molecule has 0 saturated carbocycles. The van der Waals surface area contributed by atoms with Crippen molar-refractivity contribution in [3.8, 4) is 0 Å². The summed E-state index contributed by atoms with van der Waals surface area (Å²) in [5.41, 5.74) is 0.262. The molecule has 0 unspecified atom stereocenters. The summed E-state index contributed by atoms with van der Waals surface area (Å²) in [6.07, 6.45) is 4.53. The molecular weight excluding hydrogens is 162 g/mol. The van der Waals surface area contributed by atoms with E-state index in [1.165, 1.54) is 19.3 Å². The van der Waals surface area contributed by atoms with E-state index in [9.17, 15) is 5.11 Å². The number of piperidine rings is 2. The molecule has 2 heteroatoms. The Balaban J connectivity index is 2.23. The van der Waals surface area contributed by atoms with E-state index in [-0.39, 0.29) is 17.1 Å². The molecule has 2 aliphatic rings. The zero-order valence-electron chi connectivity index (χ0n) is 8.93. The van der Waals surface area contributed by atoms with Crippen LogP contribution in [0.2, 0.25) is 0 Å². The van der Waals surface area contributed by atoms with Crippen LogP contribution in [0.3, 0.4) is 0 Å². The van der Waals surface area contributed by atoms with E-state index < -0.39 is 0 Å². The molecule has 0 aromatic rings. The number of aliphatic hydroxyl groups is 1. The van der Waals surface area contributed by atoms with Crippen LogP contribution >= 0.6 is 0 Å². The van der Waals surface area contributed by atoms with E-state index in [1.807, 2.05) is 0 Å². The van der Waals surface area contributed by atoms with Crippen molar-refractivity contribution < 1.29 is 5.11 Å². The van der Waals surface area contributed by atoms with E-state index in [4.69, 9.17) is 0 Å². The molecule has 2 rings (SSSR count). The predicted molar refractivity (Wildman–Crippen MR) is 53.6 cm³/mol. The Hall–Kier alpha value is -0.0800. The second-order valence-corrected chi connectivity index (χ2v) is 5.69. The number of hydrogen-bond acceptors (Lipinski definition) is 2. The molecule has 0 spiro atoms. The number of hydrogen-bond donors (Lipinski definition) is 2. The molecule has 76 valence electrons. The fraction of sp³-hybridized carbons (Fsp3) is 1.00. The number of fused-ring (bicyclic) bond motifs is 2. The summed E-state index contributed by atoms with van der Waals surface area (Å²) in [5, 5.41) is 13.8. The molecule has 13 heavy (non-hydrogen) atoms. The first-order valence-corrected chi connectivity index (χ1v) is 5.40. The van der Waals surface area contributed by atoms with E-state index in [2.05, 4.69) is 26.1 Å². The van der Waals surface area contributed by atoms with Gasteiger partial charge in [-0.1, -0.05) is 20.3 Å². The molecule has 2 nitrogen and oxygen atoms in total. The fourth-order valence-corrected chi connectivity index (χ4v) is 2.90. The average Bonchev–Trinajstić information content (AvgIpc) is 2.01. The second kappa shape index (κ2) is 2.71. The van der Waals surface area contributed by atoms with Gasteiger partial charge in [0, 0.05) is 17.0 Å². The molecule has 2 saturated heterocycles. The number of aliphatic hydroxyl groups excluding tert-OH is 1. The van der Waals surface area contributed by atoms with Crippen LogP contribution in [0.25, 0.3) is 0 Å². The molecule has 0 aromatic carbocycles. The minimum Gasteiger partial charge on any atom is -0.392 e.